The van der Waals surface area contributed by atoms with Crippen LogP contribution in [0.25, 0.3) is 0 Å². The standard InChI is InChI=1S/C19H36O2Si/c1-14(13-20)15-10-11-16-17(9-8-12-19(15,16)5)21-22(6,7)18(2,3)4/h10,14,16-17,20H,8-9,11-13H2,1-7H3/t14?,16-,17-,19+/m0/s1. The maximum Gasteiger partial charge on any atom is 0.192 e. The number of aliphatic hydroxyl groups excluding tert-OH is 1. The van der Waals surface area contributed by atoms with E-state index >= 15 is 0 Å². The summed E-state index contributed by atoms with van der Waals surface area (Å²) in [6.45, 7) is 16.6. The molecule has 1 saturated carbocycles. The number of rotatable bonds is 4. The second-order valence-electron chi connectivity index (χ2n) is 9.31. The van der Waals surface area contributed by atoms with Crippen molar-refractivity contribution in [3.05, 3.63) is 11.6 Å². The van der Waals surface area contributed by atoms with Gasteiger partial charge in [-0.05, 0) is 48.7 Å². The van der Waals surface area contributed by atoms with Gasteiger partial charge >= 0.3 is 0 Å². The van der Waals surface area contributed by atoms with Gasteiger partial charge in [0, 0.05) is 18.6 Å². The molecule has 1 fully saturated rings. The molecule has 2 aliphatic rings. The van der Waals surface area contributed by atoms with E-state index in [1.165, 1.54) is 24.8 Å². The smallest absolute Gasteiger partial charge is 0.192 e. The molecule has 0 amide bonds. The second kappa shape index (κ2) is 6.07. The van der Waals surface area contributed by atoms with Gasteiger partial charge in [0.05, 0.1) is 0 Å². The first-order valence-corrected chi connectivity index (χ1v) is 11.9. The number of hydrogen-bond donors (Lipinski definition) is 1. The molecule has 0 saturated heterocycles. The first kappa shape index (κ1) is 18.2. The molecule has 0 heterocycles. The molecule has 1 unspecified atom stereocenters. The maximum atomic E-state index is 9.59. The lowest BCUT2D eigenvalue weighted by atomic mass is 9.63. The molecule has 22 heavy (non-hydrogen) atoms. The molecule has 0 bridgehead atoms. The third kappa shape index (κ3) is 3.09. The molecule has 0 radical (unpaired) electrons. The highest BCUT2D eigenvalue weighted by molar-refractivity contribution is 6.74. The second-order valence-corrected chi connectivity index (χ2v) is 14.1. The lowest BCUT2D eigenvalue weighted by Crippen LogP contribution is -2.49. The van der Waals surface area contributed by atoms with Crippen LogP contribution < -0.4 is 0 Å². The highest BCUT2D eigenvalue weighted by atomic mass is 28.4. The first-order valence-electron chi connectivity index (χ1n) is 9.02. The lowest BCUT2D eigenvalue weighted by Gasteiger charge is -2.49. The van der Waals surface area contributed by atoms with E-state index in [0.717, 1.165) is 6.42 Å². The number of fused-ring (bicyclic) bond motifs is 1. The van der Waals surface area contributed by atoms with Gasteiger partial charge in [0.1, 0.15) is 0 Å². The normalized spacial score (nSPS) is 34.3. The Bertz CT molecular complexity index is 435. The molecule has 0 aromatic rings. The molecule has 0 aromatic heterocycles. The molecule has 3 heteroatoms. The Morgan fingerprint density at radius 1 is 1.41 bits per heavy atom. The van der Waals surface area contributed by atoms with Gasteiger partial charge in [-0.1, -0.05) is 52.7 Å². The van der Waals surface area contributed by atoms with Crippen LogP contribution in [0.2, 0.25) is 18.1 Å². The van der Waals surface area contributed by atoms with Crippen molar-refractivity contribution in [2.45, 2.75) is 84.5 Å². The Labute approximate surface area is 138 Å². The fraction of sp³-hybridized carbons (Fsp3) is 0.895. The van der Waals surface area contributed by atoms with Gasteiger partial charge < -0.3 is 9.53 Å². The minimum absolute atomic E-state index is 0.243. The minimum atomic E-state index is -1.72. The Morgan fingerprint density at radius 3 is 2.59 bits per heavy atom. The van der Waals surface area contributed by atoms with Gasteiger partial charge in [0.15, 0.2) is 8.32 Å². The van der Waals surface area contributed by atoms with Crippen LogP contribution >= 0.6 is 0 Å². The molecular weight excluding hydrogens is 288 g/mol. The van der Waals surface area contributed by atoms with Crippen molar-refractivity contribution in [2.75, 3.05) is 6.61 Å². The molecule has 0 aliphatic heterocycles. The van der Waals surface area contributed by atoms with Crippen LogP contribution in [0.1, 0.15) is 60.3 Å². The summed E-state index contributed by atoms with van der Waals surface area (Å²) in [7, 11) is -1.72. The summed E-state index contributed by atoms with van der Waals surface area (Å²) in [6.07, 6.45) is 7.67. The topological polar surface area (TPSA) is 29.5 Å². The van der Waals surface area contributed by atoms with Crippen molar-refractivity contribution < 1.29 is 9.53 Å². The fourth-order valence-electron chi connectivity index (χ4n) is 4.28. The van der Waals surface area contributed by atoms with E-state index in [4.69, 9.17) is 4.43 Å². The summed E-state index contributed by atoms with van der Waals surface area (Å²) < 4.78 is 6.83. The molecular formula is C19H36O2Si. The number of hydrogen-bond acceptors (Lipinski definition) is 2. The average molecular weight is 325 g/mol. The zero-order chi connectivity index (χ0) is 16.8. The Balaban J connectivity index is 2.18. The van der Waals surface area contributed by atoms with Gasteiger partial charge in [-0.15, -0.1) is 0 Å². The van der Waals surface area contributed by atoms with Crippen LogP contribution in [-0.4, -0.2) is 26.1 Å². The molecule has 2 rings (SSSR count). The zero-order valence-electron chi connectivity index (χ0n) is 15.7. The molecule has 0 spiro atoms. The number of aliphatic hydroxyl groups is 1. The van der Waals surface area contributed by atoms with Gasteiger partial charge in [-0.2, -0.15) is 0 Å². The van der Waals surface area contributed by atoms with Crippen molar-refractivity contribution in [1.29, 1.82) is 0 Å². The number of allylic oxidation sites excluding steroid dienone is 1. The monoisotopic (exact) mass is 324 g/mol. The lowest BCUT2D eigenvalue weighted by molar-refractivity contribution is 0.0146. The average Bonchev–Trinajstić information content (AvgIpc) is 2.74. The van der Waals surface area contributed by atoms with Crippen LogP contribution in [0.15, 0.2) is 11.6 Å². The predicted octanol–water partition coefficient (Wildman–Crippen LogP) is 5.14. The summed E-state index contributed by atoms with van der Waals surface area (Å²) in [5, 5.41) is 9.87. The van der Waals surface area contributed by atoms with Gasteiger partial charge in [0.2, 0.25) is 0 Å². The zero-order valence-corrected chi connectivity index (χ0v) is 16.7. The van der Waals surface area contributed by atoms with Crippen molar-refractivity contribution in [1.82, 2.24) is 0 Å². The molecule has 2 aliphatic carbocycles. The summed E-state index contributed by atoms with van der Waals surface area (Å²) in [6, 6.07) is 0. The predicted molar refractivity (Wildman–Crippen MR) is 96.5 cm³/mol. The third-order valence-electron chi connectivity index (χ3n) is 6.76. The highest BCUT2D eigenvalue weighted by Crippen LogP contribution is 2.56. The molecule has 1 N–H and O–H groups in total. The van der Waals surface area contributed by atoms with E-state index in [1.807, 2.05) is 0 Å². The molecule has 4 atom stereocenters. The van der Waals surface area contributed by atoms with E-state index in [2.05, 4.69) is 53.8 Å². The van der Waals surface area contributed by atoms with Crippen LogP contribution in [0.5, 0.6) is 0 Å². The van der Waals surface area contributed by atoms with E-state index in [-0.39, 0.29) is 17.1 Å². The summed E-state index contributed by atoms with van der Waals surface area (Å²) in [5.41, 5.74) is 1.73. The minimum Gasteiger partial charge on any atom is -0.414 e. The van der Waals surface area contributed by atoms with E-state index in [1.54, 1.807) is 0 Å². The molecule has 0 aromatic carbocycles. The quantitative estimate of drug-likeness (QED) is 0.573. The van der Waals surface area contributed by atoms with Crippen molar-refractivity contribution in [2.24, 2.45) is 17.3 Å². The molecule has 128 valence electrons. The van der Waals surface area contributed by atoms with Crippen LogP contribution in [0.3, 0.4) is 0 Å². The largest absolute Gasteiger partial charge is 0.414 e. The van der Waals surface area contributed by atoms with Crippen LogP contribution in [0, 0.1) is 17.3 Å². The van der Waals surface area contributed by atoms with Crippen molar-refractivity contribution in [3.8, 4) is 0 Å². The Hall–Kier alpha value is -0.123. The fourth-order valence-corrected chi connectivity index (χ4v) is 5.68. The van der Waals surface area contributed by atoms with Crippen molar-refractivity contribution in [3.63, 3.8) is 0 Å². The van der Waals surface area contributed by atoms with E-state index in [0.29, 0.717) is 17.9 Å². The van der Waals surface area contributed by atoms with E-state index < -0.39 is 8.32 Å². The summed E-state index contributed by atoms with van der Waals surface area (Å²) in [5.74, 6) is 0.904. The molecule has 2 nitrogen and oxygen atoms in total. The summed E-state index contributed by atoms with van der Waals surface area (Å²) >= 11 is 0. The van der Waals surface area contributed by atoms with Crippen molar-refractivity contribution >= 4 is 8.32 Å². The Morgan fingerprint density at radius 2 is 2.05 bits per heavy atom. The SMILES string of the molecule is CC(CO)C1=CC[C@H]2[C@@H](O[Si](C)(C)C(C)(C)C)CCC[C@]12C. The van der Waals surface area contributed by atoms with Crippen LogP contribution in [0.4, 0.5) is 0 Å². The highest BCUT2D eigenvalue weighted by Gasteiger charge is 2.51. The van der Waals surface area contributed by atoms with Crippen LogP contribution in [-0.2, 0) is 4.43 Å². The van der Waals surface area contributed by atoms with Gasteiger partial charge in [-0.3, -0.25) is 0 Å². The summed E-state index contributed by atoms with van der Waals surface area (Å²) in [4.78, 5) is 0. The van der Waals surface area contributed by atoms with E-state index in [9.17, 15) is 5.11 Å². The first-order chi connectivity index (χ1) is 10.0. The Kier molecular flexibility index (Phi) is 5.02. The third-order valence-corrected chi connectivity index (χ3v) is 11.3. The van der Waals surface area contributed by atoms with Gasteiger partial charge in [0.25, 0.3) is 0 Å². The van der Waals surface area contributed by atoms with Gasteiger partial charge in [-0.25, -0.2) is 0 Å². The maximum absolute atomic E-state index is 9.59.